The summed E-state index contributed by atoms with van der Waals surface area (Å²) >= 11 is 0. The third-order valence-corrected chi connectivity index (χ3v) is 9.45. The van der Waals surface area contributed by atoms with Crippen LogP contribution >= 0.6 is 0 Å². The lowest BCUT2D eigenvalue weighted by Gasteiger charge is -2.57. The molecular formula is C24H30O4. The van der Waals surface area contributed by atoms with Crippen LogP contribution in [0.4, 0.5) is 0 Å². The minimum absolute atomic E-state index is 0.0109. The fourth-order valence-corrected chi connectivity index (χ4v) is 7.96. The maximum Gasteiger partial charge on any atom is 0.303 e. The van der Waals surface area contributed by atoms with Crippen molar-refractivity contribution >= 4 is 17.5 Å². The minimum atomic E-state index is -0.982. The highest BCUT2D eigenvalue weighted by atomic mass is 16.6. The molecule has 0 aromatic carbocycles. The summed E-state index contributed by atoms with van der Waals surface area (Å²) in [5, 5.41) is 0. The van der Waals surface area contributed by atoms with Crippen molar-refractivity contribution in [3.05, 3.63) is 23.8 Å². The van der Waals surface area contributed by atoms with Crippen molar-refractivity contribution in [3.63, 3.8) is 0 Å². The Labute approximate surface area is 166 Å². The van der Waals surface area contributed by atoms with Crippen molar-refractivity contribution in [3.8, 4) is 0 Å². The van der Waals surface area contributed by atoms with Crippen molar-refractivity contribution < 1.29 is 19.1 Å². The van der Waals surface area contributed by atoms with Gasteiger partial charge >= 0.3 is 5.97 Å². The molecule has 28 heavy (non-hydrogen) atoms. The number of allylic oxidation sites excluding steroid dienone is 4. The first-order chi connectivity index (χ1) is 13.1. The Balaban J connectivity index is 1.56. The van der Waals surface area contributed by atoms with Crippen LogP contribution in [-0.4, -0.2) is 23.1 Å². The molecule has 0 amide bonds. The molecule has 0 N–H and O–H groups in total. The second kappa shape index (κ2) is 5.46. The molecule has 0 heterocycles. The largest absolute Gasteiger partial charge is 0.451 e. The minimum Gasteiger partial charge on any atom is -0.451 e. The molecule has 4 nitrogen and oxygen atoms in total. The van der Waals surface area contributed by atoms with E-state index in [0.29, 0.717) is 35.9 Å². The highest BCUT2D eigenvalue weighted by Gasteiger charge is 2.69. The van der Waals surface area contributed by atoms with Gasteiger partial charge < -0.3 is 4.74 Å². The van der Waals surface area contributed by atoms with Gasteiger partial charge in [0.25, 0.3) is 0 Å². The van der Waals surface area contributed by atoms with Gasteiger partial charge in [0, 0.05) is 18.3 Å². The smallest absolute Gasteiger partial charge is 0.303 e. The Bertz CT molecular complexity index is 853. The second-order valence-electron chi connectivity index (χ2n) is 10.4. The Kier molecular flexibility index (Phi) is 3.57. The van der Waals surface area contributed by atoms with Gasteiger partial charge in [0.2, 0.25) is 0 Å². The first-order valence-electron chi connectivity index (χ1n) is 10.8. The Morgan fingerprint density at radius 1 is 1.07 bits per heavy atom. The molecule has 0 aromatic rings. The first kappa shape index (κ1) is 18.3. The quantitative estimate of drug-likeness (QED) is 0.676. The fraction of sp³-hybridized carbons (Fsp3) is 0.708. The Hall–Kier alpha value is -1.71. The summed E-state index contributed by atoms with van der Waals surface area (Å²) in [6.07, 6.45) is 10.9. The maximum atomic E-state index is 12.8. The summed E-state index contributed by atoms with van der Waals surface area (Å²) in [6.45, 7) is 7.55. The second-order valence-corrected chi connectivity index (χ2v) is 10.4. The number of hydrogen-bond donors (Lipinski definition) is 0. The van der Waals surface area contributed by atoms with Gasteiger partial charge in [-0.15, -0.1) is 0 Å². The zero-order chi connectivity index (χ0) is 20.1. The summed E-state index contributed by atoms with van der Waals surface area (Å²) in [4.78, 5) is 37.0. The van der Waals surface area contributed by atoms with Crippen LogP contribution in [0.1, 0.15) is 59.8 Å². The molecule has 0 radical (unpaired) electrons. The van der Waals surface area contributed by atoms with Crippen LogP contribution in [0.15, 0.2) is 23.8 Å². The van der Waals surface area contributed by atoms with Gasteiger partial charge in [0.15, 0.2) is 17.2 Å². The van der Waals surface area contributed by atoms with Gasteiger partial charge in [-0.2, -0.15) is 0 Å². The molecule has 8 atom stereocenters. The van der Waals surface area contributed by atoms with E-state index in [0.717, 1.165) is 25.7 Å². The van der Waals surface area contributed by atoms with Gasteiger partial charge in [-0.25, -0.2) is 0 Å². The molecule has 0 aliphatic heterocycles. The van der Waals surface area contributed by atoms with E-state index < -0.39 is 5.60 Å². The number of rotatable bonds is 2. The summed E-state index contributed by atoms with van der Waals surface area (Å²) in [7, 11) is 0. The van der Waals surface area contributed by atoms with E-state index in [-0.39, 0.29) is 28.5 Å². The van der Waals surface area contributed by atoms with Crippen molar-refractivity contribution in [1.82, 2.24) is 0 Å². The van der Waals surface area contributed by atoms with Gasteiger partial charge in [-0.3, -0.25) is 14.4 Å². The molecule has 3 saturated carbocycles. The molecule has 5 aliphatic carbocycles. The molecular weight excluding hydrogens is 352 g/mol. The monoisotopic (exact) mass is 382 g/mol. The number of fused-ring (bicyclic) bond motifs is 7. The zero-order valence-corrected chi connectivity index (χ0v) is 17.3. The highest BCUT2D eigenvalue weighted by molar-refractivity contribution is 5.97. The molecule has 150 valence electrons. The van der Waals surface area contributed by atoms with Crippen LogP contribution in [-0.2, 0) is 19.1 Å². The number of hydrogen-bond acceptors (Lipinski definition) is 4. The lowest BCUT2D eigenvalue weighted by atomic mass is 9.47. The molecule has 0 saturated heterocycles. The van der Waals surface area contributed by atoms with Crippen LogP contribution in [0.2, 0.25) is 0 Å². The van der Waals surface area contributed by atoms with Crippen LogP contribution in [0.25, 0.3) is 0 Å². The van der Waals surface area contributed by atoms with Crippen LogP contribution in [0.5, 0.6) is 0 Å². The normalized spacial score (nSPS) is 50.6. The van der Waals surface area contributed by atoms with Gasteiger partial charge in [-0.05, 0) is 79.8 Å². The number of carbonyl (C=O) groups is 3. The lowest BCUT2D eigenvalue weighted by Crippen LogP contribution is -2.58. The number of Topliss-reactive ketones (excluding diaryl/α,β-unsaturated/α-hetero) is 1. The number of ether oxygens (including phenoxy) is 1. The third kappa shape index (κ3) is 1.99. The zero-order valence-electron chi connectivity index (χ0n) is 17.3. The molecule has 0 spiro atoms. The first-order valence-corrected chi connectivity index (χ1v) is 10.8. The van der Waals surface area contributed by atoms with Crippen LogP contribution in [0.3, 0.4) is 0 Å². The molecule has 5 aliphatic rings. The van der Waals surface area contributed by atoms with Crippen molar-refractivity contribution in [2.24, 2.45) is 40.4 Å². The summed E-state index contributed by atoms with van der Waals surface area (Å²) in [6, 6.07) is 0. The fourth-order valence-electron chi connectivity index (χ4n) is 7.96. The van der Waals surface area contributed by atoms with E-state index in [1.165, 1.54) is 12.5 Å². The average Bonchev–Trinajstić information content (AvgIpc) is 3.37. The number of carbonyl (C=O) groups excluding carboxylic acids is 3. The lowest BCUT2D eigenvalue weighted by molar-refractivity contribution is -0.185. The van der Waals surface area contributed by atoms with E-state index >= 15 is 0 Å². The Morgan fingerprint density at radius 3 is 2.46 bits per heavy atom. The molecule has 5 rings (SSSR count). The van der Waals surface area contributed by atoms with Crippen molar-refractivity contribution in [2.75, 3.05) is 0 Å². The average molecular weight is 383 g/mol. The number of ketones is 2. The molecule has 0 bridgehead atoms. The standard InChI is InChI=1S/C24H30O4/c1-13(25)24(28-14(2)26)10-8-18-16-6-5-15-11-21(27)17-12-20(17)23(15,4)19(16)7-9-22(18,24)3/h5-6,11,16-20H,7-10,12H2,1-4H3/t16?,17?,18?,19?,20-,22-,23-,24?/m0/s1. The van der Waals surface area contributed by atoms with E-state index in [2.05, 4.69) is 26.0 Å². The molecule has 4 heteroatoms. The van der Waals surface area contributed by atoms with Crippen LogP contribution < -0.4 is 0 Å². The maximum absolute atomic E-state index is 12.8. The van der Waals surface area contributed by atoms with E-state index in [4.69, 9.17) is 4.74 Å². The van der Waals surface area contributed by atoms with Crippen LogP contribution in [0, 0.1) is 40.4 Å². The summed E-state index contributed by atoms with van der Waals surface area (Å²) in [5.74, 6) is 1.87. The van der Waals surface area contributed by atoms with E-state index in [1.54, 1.807) is 6.92 Å². The SMILES string of the molecule is CC(=O)OC1(C(C)=O)CCC2C3C=CC4=CC(=O)C5C[C@@H]5[C@]4(C)C3CC[C@@]21C. The molecule has 0 aromatic heterocycles. The van der Waals surface area contributed by atoms with Crippen molar-refractivity contribution in [2.45, 2.75) is 65.4 Å². The topological polar surface area (TPSA) is 60.4 Å². The van der Waals surface area contributed by atoms with Gasteiger partial charge in [0.1, 0.15) is 0 Å². The third-order valence-electron chi connectivity index (χ3n) is 9.45. The molecule has 5 unspecified atom stereocenters. The summed E-state index contributed by atoms with van der Waals surface area (Å²) < 4.78 is 5.82. The van der Waals surface area contributed by atoms with Gasteiger partial charge in [-0.1, -0.05) is 26.0 Å². The van der Waals surface area contributed by atoms with E-state index in [1.807, 2.05) is 6.08 Å². The predicted octanol–water partition coefficient (Wildman–Crippen LogP) is 4.04. The predicted molar refractivity (Wildman–Crippen MR) is 104 cm³/mol. The molecule has 3 fully saturated rings. The van der Waals surface area contributed by atoms with Crippen molar-refractivity contribution in [1.29, 1.82) is 0 Å². The van der Waals surface area contributed by atoms with Gasteiger partial charge in [0.05, 0.1) is 0 Å². The number of esters is 1. The Morgan fingerprint density at radius 2 is 1.79 bits per heavy atom. The van der Waals surface area contributed by atoms with E-state index in [9.17, 15) is 14.4 Å². The summed E-state index contributed by atoms with van der Waals surface area (Å²) in [5.41, 5.74) is -0.00957. The highest BCUT2D eigenvalue weighted by Crippen LogP contribution is 2.71.